The first kappa shape index (κ1) is 13.4. The fourth-order valence-corrected chi connectivity index (χ4v) is 2.38. The van der Waals surface area contributed by atoms with Crippen LogP contribution in [0.15, 0.2) is 24.3 Å². The molecular weight excluding hydrogens is 220 g/mol. The summed E-state index contributed by atoms with van der Waals surface area (Å²) in [5, 5.41) is 9.98. The lowest BCUT2D eigenvalue weighted by molar-refractivity contribution is 0.203. The van der Waals surface area contributed by atoms with Crippen molar-refractivity contribution >= 4 is 11.8 Å². The molecule has 0 fully saturated rings. The summed E-state index contributed by atoms with van der Waals surface area (Å²) in [6, 6.07) is 7.62. The van der Waals surface area contributed by atoms with Gasteiger partial charge in [-0.2, -0.15) is 11.8 Å². The number of ether oxygens (including phenoxy) is 1. The number of hydrogen-bond donors (Lipinski definition) is 1. The molecule has 3 heteroatoms. The maximum absolute atomic E-state index is 9.98. The zero-order valence-electron chi connectivity index (χ0n) is 10.1. The second kappa shape index (κ2) is 6.81. The Morgan fingerprint density at radius 3 is 2.69 bits per heavy atom. The zero-order chi connectivity index (χ0) is 12.0. The molecule has 0 aliphatic heterocycles. The Morgan fingerprint density at radius 2 is 2.06 bits per heavy atom. The number of methoxy groups -OCH3 is 1. The Morgan fingerprint density at radius 1 is 1.31 bits per heavy atom. The van der Waals surface area contributed by atoms with Crippen molar-refractivity contribution in [2.75, 3.05) is 18.6 Å². The van der Waals surface area contributed by atoms with Crippen LogP contribution < -0.4 is 4.74 Å². The topological polar surface area (TPSA) is 29.5 Å². The van der Waals surface area contributed by atoms with Gasteiger partial charge in [0.05, 0.1) is 13.2 Å². The first-order valence-corrected chi connectivity index (χ1v) is 6.68. The van der Waals surface area contributed by atoms with Crippen molar-refractivity contribution in [3.8, 4) is 5.75 Å². The van der Waals surface area contributed by atoms with Crippen LogP contribution in [0.2, 0.25) is 0 Å². The summed E-state index contributed by atoms with van der Waals surface area (Å²) in [7, 11) is 1.64. The molecule has 0 aromatic heterocycles. The lowest BCUT2D eigenvalue weighted by Crippen LogP contribution is -2.03. The quantitative estimate of drug-likeness (QED) is 0.828. The zero-order valence-corrected chi connectivity index (χ0v) is 11.0. The van der Waals surface area contributed by atoms with Gasteiger partial charge in [0.15, 0.2) is 0 Å². The highest BCUT2D eigenvalue weighted by Crippen LogP contribution is 2.22. The number of aliphatic hydroxyl groups is 1. The van der Waals surface area contributed by atoms with E-state index in [1.54, 1.807) is 18.9 Å². The highest BCUT2D eigenvalue weighted by atomic mass is 32.2. The second-order valence-electron chi connectivity index (χ2n) is 4.22. The van der Waals surface area contributed by atoms with Gasteiger partial charge < -0.3 is 9.84 Å². The number of hydrogen-bond acceptors (Lipinski definition) is 3. The van der Waals surface area contributed by atoms with Crippen LogP contribution in [0.25, 0.3) is 0 Å². The van der Waals surface area contributed by atoms with Crippen LogP contribution in [0.1, 0.15) is 25.5 Å². The Kier molecular flexibility index (Phi) is 5.71. The smallest absolute Gasteiger partial charge is 0.119 e. The second-order valence-corrected chi connectivity index (χ2v) is 5.30. The molecule has 0 saturated heterocycles. The SMILES string of the molecule is COc1cccc(C(O)CSCC(C)C)c1. The molecule has 90 valence electrons. The number of aliphatic hydroxyl groups excluding tert-OH is 1. The van der Waals surface area contributed by atoms with Gasteiger partial charge in [0, 0.05) is 5.75 Å². The highest BCUT2D eigenvalue weighted by molar-refractivity contribution is 7.99. The van der Waals surface area contributed by atoms with Crippen LogP contribution in [0.3, 0.4) is 0 Å². The average Bonchev–Trinajstić information content (AvgIpc) is 2.28. The van der Waals surface area contributed by atoms with Crippen molar-refractivity contribution in [1.82, 2.24) is 0 Å². The van der Waals surface area contributed by atoms with Crippen molar-refractivity contribution in [3.05, 3.63) is 29.8 Å². The van der Waals surface area contributed by atoms with Crippen LogP contribution in [-0.2, 0) is 0 Å². The van der Waals surface area contributed by atoms with E-state index in [1.807, 2.05) is 24.3 Å². The summed E-state index contributed by atoms with van der Waals surface area (Å²) < 4.78 is 5.13. The standard InChI is InChI=1S/C13H20O2S/c1-10(2)8-16-9-13(14)11-5-4-6-12(7-11)15-3/h4-7,10,13-14H,8-9H2,1-3H3. The number of benzene rings is 1. The first-order chi connectivity index (χ1) is 7.63. The molecule has 0 spiro atoms. The summed E-state index contributed by atoms with van der Waals surface area (Å²) in [6.45, 7) is 4.37. The van der Waals surface area contributed by atoms with Crippen LogP contribution in [-0.4, -0.2) is 23.7 Å². The van der Waals surface area contributed by atoms with Gasteiger partial charge in [0.25, 0.3) is 0 Å². The normalized spacial score (nSPS) is 12.8. The summed E-state index contributed by atoms with van der Waals surface area (Å²) >= 11 is 1.79. The summed E-state index contributed by atoms with van der Waals surface area (Å²) in [5.74, 6) is 3.29. The molecule has 0 amide bonds. The van der Waals surface area contributed by atoms with Crippen molar-refractivity contribution < 1.29 is 9.84 Å². The molecule has 16 heavy (non-hydrogen) atoms. The monoisotopic (exact) mass is 240 g/mol. The largest absolute Gasteiger partial charge is 0.497 e. The van der Waals surface area contributed by atoms with E-state index in [0.29, 0.717) is 5.92 Å². The highest BCUT2D eigenvalue weighted by Gasteiger charge is 2.08. The lowest BCUT2D eigenvalue weighted by Gasteiger charge is -2.12. The van der Waals surface area contributed by atoms with E-state index < -0.39 is 6.10 Å². The molecule has 0 heterocycles. The van der Waals surface area contributed by atoms with Gasteiger partial charge in [-0.1, -0.05) is 26.0 Å². The van der Waals surface area contributed by atoms with Crippen molar-refractivity contribution in [1.29, 1.82) is 0 Å². The minimum Gasteiger partial charge on any atom is -0.497 e. The van der Waals surface area contributed by atoms with E-state index in [1.165, 1.54) is 0 Å². The molecule has 1 atom stereocenters. The summed E-state index contributed by atoms with van der Waals surface area (Å²) in [6.07, 6.45) is -0.404. The minimum absolute atomic E-state index is 0.404. The maximum Gasteiger partial charge on any atom is 0.119 e. The van der Waals surface area contributed by atoms with E-state index in [0.717, 1.165) is 22.8 Å². The van der Waals surface area contributed by atoms with Crippen LogP contribution in [0.4, 0.5) is 0 Å². The molecule has 0 saturated carbocycles. The van der Waals surface area contributed by atoms with Gasteiger partial charge in [-0.25, -0.2) is 0 Å². The fraction of sp³-hybridized carbons (Fsp3) is 0.538. The minimum atomic E-state index is -0.404. The van der Waals surface area contributed by atoms with Crippen LogP contribution in [0.5, 0.6) is 5.75 Å². The van der Waals surface area contributed by atoms with Gasteiger partial charge in [0.1, 0.15) is 5.75 Å². The predicted molar refractivity (Wildman–Crippen MR) is 70.1 cm³/mol. The van der Waals surface area contributed by atoms with E-state index in [-0.39, 0.29) is 0 Å². The van der Waals surface area contributed by atoms with Crippen LogP contribution >= 0.6 is 11.8 Å². The average molecular weight is 240 g/mol. The van der Waals surface area contributed by atoms with Crippen molar-refractivity contribution in [2.45, 2.75) is 20.0 Å². The predicted octanol–water partition coefficient (Wildman–Crippen LogP) is 3.12. The van der Waals surface area contributed by atoms with Gasteiger partial charge in [-0.3, -0.25) is 0 Å². The van der Waals surface area contributed by atoms with E-state index >= 15 is 0 Å². The molecule has 0 aliphatic carbocycles. The number of thioether (sulfide) groups is 1. The van der Waals surface area contributed by atoms with Crippen LogP contribution in [0, 0.1) is 5.92 Å². The van der Waals surface area contributed by atoms with Gasteiger partial charge in [0.2, 0.25) is 0 Å². The molecule has 0 radical (unpaired) electrons. The molecular formula is C13H20O2S. The lowest BCUT2D eigenvalue weighted by atomic mass is 10.1. The molecule has 2 nitrogen and oxygen atoms in total. The van der Waals surface area contributed by atoms with E-state index in [9.17, 15) is 5.11 Å². The molecule has 1 aromatic rings. The molecule has 0 bridgehead atoms. The molecule has 1 rings (SSSR count). The van der Waals surface area contributed by atoms with E-state index in [2.05, 4.69) is 13.8 Å². The van der Waals surface area contributed by atoms with E-state index in [4.69, 9.17) is 4.74 Å². The molecule has 1 aromatic carbocycles. The fourth-order valence-electron chi connectivity index (χ4n) is 1.36. The Balaban J connectivity index is 2.48. The van der Waals surface area contributed by atoms with Gasteiger partial charge in [-0.15, -0.1) is 0 Å². The third-order valence-corrected chi connectivity index (χ3v) is 3.66. The number of rotatable bonds is 6. The maximum atomic E-state index is 9.98. The molecule has 1 unspecified atom stereocenters. The van der Waals surface area contributed by atoms with Crippen molar-refractivity contribution in [2.24, 2.45) is 5.92 Å². The Bertz CT molecular complexity index is 313. The van der Waals surface area contributed by atoms with Crippen molar-refractivity contribution in [3.63, 3.8) is 0 Å². The Hall–Kier alpha value is -0.670. The van der Waals surface area contributed by atoms with Gasteiger partial charge >= 0.3 is 0 Å². The molecule has 0 aliphatic rings. The Labute approximate surface area is 102 Å². The third-order valence-electron chi connectivity index (χ3n) is 2.21. The first-order valence-electron chi connectivity index (χ1n) is 5.53. The molecule has 1 N–H and O–H groups in total. The third kappa shape index (κ3) is 4.45. The van der Waals surface area contributed by atoms with Gasteiger partial charge in [-0.05, 0) is 29.4 Å². The summed E-state index contributed by atoms with van der Waals surface area (Å²) in [4.78, 5) is 0. The summed E-state index contributed by atoms with van der Waals surface area (Å²) in [5.41, 5.74) is 0.926.